The summed E-state index contributed by atoms with van der Waals surface area (Å²) in [5.41, 5.74) is 6.44. The molecule has 0 fully saturated rings. The zero-order valence-corrected chi connectivity index (χ0v) is 9.26. The molecule has 1 atom stereocenters. The fraction of sp³-hybridized carbons (Fsp3) is 0.400. The topological polar surface area (TPSA) is 55.5 Å². The van der Waals surface area contributed by atoms with E-state index in [1.54, 1.807) is 6.07 Å². The van der Waals surface area contributed by atoms with Gasteiger partial charge in [-0.1, -0.05) is 6.07 Å². The van der Waals surface area contributed by atoms with Crippen molar-refractivity contribution in [2.45, 2.75) is 12.5 Å². The number of alkyl halides is 1. The van der Waals surface area contributed by atoms with Gasteiger partial charge >= 0.3 is 0 Å². The van der Waals surface area contributed by atoms with Crippen molar-refractivity contribution < 1.29 is 14.2 Å². The zero-order chi connectivity index (χ0) is 10.6. The zero-order valence-electron chi connectivity index (χ0n) is 8.44. The number of aromatic hydroxyl groups is 1. The lowest BCUT2D eigenvalue weighted by molar-refractivity contribution is 0.390. The van der Waals surface area contributed by atoms with Gasteiger partial charge in [0.2, 0.25) is 0 Å². The molecule has 1 aromatic rings. The van der Waals surface area contributed by atoms with E-state index in [1.165, 1.54) is 19.2 Å². The first-order valence-electron chi connectivity index (χ1n) is 4.37. The summed E-state index contributed by atoms with van der Waals surface area (Å²) in [5.74, 6) is 0.601. The van der Waals surface area contributed by atoms with Crippen molar-refractivity contribution in [3.8, 4) is 11.5 Å². The molecule has 0 amide bonds. The van der Waals surface area contributed by atoms with Crippen LogP contribution in [0.2, 0.25) is 0 Å². The number of phenolic OH excluding ortho intramolecular Hbond substituents is 1. The first-order chi connectivity index (χ1) is 6.69. The number of rotatable bonds is 4. The summed E-state index contributed by atoms with van der Waals surface area (Å²) < 4.78 is 17.1. The van der Waals surface area contributed by atoms with Crippen LogP contribution in [-0.2, 0) is 0 Å². The van der Waals surface area contributed by atoms with Crippen LogP contribution < -0.4 is 10.5 Å². The SMILES string of the molecule is COc1cc(O)ccc1[C@H](N)CCF.Cl. The van der Waals surface area contributed by atoms with Crippen molar-refractivity contribution in [2.24, 2.45) is 5.73 Å². The van der Waals surface area contributed by atoms with E-state index in [-0.39, 0.29) is 24.6 Å². The highest BCUT2D eigenvalue weighted by Gasteiger charge is 2.11. The summed E-state index contributed by atoms with van der Waals surface area (Å²) in [7, 11) is 1.49. The molecule has 3 nitrogen and oxygen atoms in total. The van der Waals surface area contributed by atoms with Crippen molar-refractivity contribution in [3.63, 3.8) is 0 Å². The Morgan fingerprint density at radius 2 is 2.20 bits per heavy atom. The minimum Gasteiger partial charge on any atom is -0.508 e. The van der Waals surface area contributed by atoms with E-state index < -0.39 is 12.7 Å². The highest BCUT2D eigenvalue weighted by Crippen LogP contribution is 2.29. The Bertz CT molecular complexity index is 309. The third-order valence-corrected chi connectivity index (χ3v) is 2.04. The van der Waals surface area contributed by atoms with Crippen LogP contribution in [0.5, 0.6) is 11.5 Å². The second-order valence-electron chi connectivity index (χ2n) is 3.01. The molecule has 0 heterocycles. The maximum atomic E-state index is 12.1. The van der Waals surface area contributed by atoms with E-state index in [0.717, 1.165) is 0 Å². The predicted octanol–water partition coefficient (Wildman–Crippen LogP) is 2.18. The molecule has 0 spiro atoms. The molecule has 1 aromatic carbocycles. The molecule has 15 heavy (non-hydrogen) atoms. The Labute approximate surface area is 94.5 Å². The van der Waals surface area contributed by atoms with E-state index in [9.17, 15) is 9.50 Å². The Balaban J connectivity index is 0.00000196. The molecule has 1 rings (SSSR count). The van der Waals surface area contributed by atoms with Gasteiger partial charge in [-0.15, -0.1) is 12.4 Å². The summed E-state index contributed by atoms with van der Waals surface area (Å²) in [6.07, 6.45) is 0.251. The van der Waals surface area contributed by atoms with Crippen LogP contribution in [0.15, 0.2) is 18.2 Å². The molecule has 0 unspecified atom stereocenters. The fourth-order valence-corrected chi connectivity index (χ4v) is 1.28. The number of hydrogen-bond donors (Lipinski definition) is 2. The van der Waals surface area contributed by atoms with E-state index in [4.69, 9.17) is 10.5 Å². The highest BCUT2D eigenvalue weighted by atomic mass is 35.5. The van der Waals surface area contributed by atoms with Gasteiger partial charge in [0.05, 0.1) is 13.8 Å². The Hall–Kier alpha value is -1.00. The molecule has 0 aliphatic rings. The van der Waals surface area contributed by atoms with Gasteiger partial charge in [0.25, 0.3) is 0 Å². The number of phenols is 1. The van der Waals surface area contributed by atoms with Gasteiger partial charge in [0.1, 0.15) is 11.5 Å². The molecule has 0 saturated heterocycles. The number of benzene rings is 1. The monoisotopic (exact) mass is 235 g/mol. The molecular weight excluding hydrogens is 221 g/mol. The van der Waals surface area contributed by atoms with Crippen molar-refractivity contribution in [2.75, 3.05) is 13.8 Å². The Kier molecular flexibility index (Phi) is 6.05. The summed E-state index contributed by atoms with van der Waals surface area (Å²) >= 11 is 0. The van der Waals surface area contributed by atoms with Crippen LogP contribution in [-0.4, -0.2) is 18.9 Å². The van der Waals surface area contributed by atoms with Crippen molar-refractivity contribution in [3.05, 3.63) is 23.8 Å². The molecule has 0 aromatic heterocycles. The largest absolute Gasteiger partial charge is 0.508 e. The van der Waals surface area contributed by atoms with Gasteiger partial charge in [-0.05, 0) is 12.5 Å². The first kappa shape index (κ1) is 14.0. The van der Waals surface area contributed by atoms with E-state index >= 15 is 0 Å². The summed E-state index contributed by atoms with van der Waals surface area (Å²) in [6.45, 7) is -0.467. The number of methoxy groups -OCH3 is 1. The van der Waals surface area contributed by atoms with E-state index in [2.05, 4.69) is 0 Å². The number of halogens is 2. The van der Waals surface area contributed by atoms with Gasteiger partial charge in [-0.2, -0.15) is 0 Å². The third kappa shape index (κ3) is 3.57. The molecular formula is C10H15ClFNO2. The van der Waals surface area contributed by atoms with Gasteiger partial charge in [0.15, 0.2) is 0 Å². The van der Waals surface area contributed by atoms with E-state index in [0.29, 0.717) is 11.3 Å². The van der Waals surface area contributed by atoms with Crippen LogP contribution in [0.1, 0.15) is 18.0 Å². The number of ether oxygens (including phenoxy) is 1. The Morgan fingerprint density at radius 1 is 1.53 bits per heavy atom. The van der Waals surface area contributed by atoms with Crippen LogP contribution in [0.25, 0.3) is 0 Å². The second kappa shape index (κ2) is 6.48. The van der Waals surface area contributed by atoms with Crippen LogP contribution in [0.3, 0.4) is 0 Å². The normalized spacial score (nSPS) is 11.7. The Morgan fingerprint density at radius 3 is 2.73 bits per heavy atom. The number of nitrogens with two attached hydrogens (primary N) is 1. The molecule has 86 valence electrons. The molecule has 0 bridgehead atoms. The van der Waals surface area contributed by atoms with Crippen LogP contribution in [0.4, 0.5) is 4.39 Å². The van der Waals surface area contributed by atoms with Gasteiger partial charge in [-0.25, -0.2) is 0 Å². The van der Waals surface area contributed by atoms with Crippen LogP contribution in [0, 0.1) is 0 Å². The molecule has 0 aliphatic carbocycles. The smallest absolute Gasteiger partial charge is 0.127 e. The fourth-order valence-electron chi connectivity index (χ4n) is 1.28. The lowest BCUT2D eigenvalue weighted by atomic mass is 10.0. The van der Waals surface area contributed by atoms with Crippen LogP contribution >= 0.6 is 12.4 Å². The van der Waals surface area contributed by atoms with Crippen molar-refractivity contribution in [1.29, 1.82) is 0 Å². The molecule has 3 N–H and O–H groups in total. The summed E-state index contributed by atoms with van der Waals surface area (Å²) in [5, 5.41) is 9.19. The second-order valence-corrected chi connectivity index (χ2v) is 3.01. The highest BCUT2D eigenvalue weighted by molar-refractivity contribution is 5.85. The summed E-state index contributed by atoms with van der Waals surface area (Å²) in [6, 6.07) is 4.23. The predicted molar refractivity (Wildman–Crippen MR) is 59.4 cm³/mol. The van der Waals surface area contributed by atoms with Crippen molar-refractivity contribution >= 4 is 12.4 Å². The van der Waals surface area contributed by atoms with Gasteiger partial charge in [0, 0.05) is 17.7 Å². The minimum absolute atomic E-state index is 0. The summed E-state index contributed by atoms with van der Waals surface area (Å²) in [4.78, 5) is 0. The average molecular weight is 236 g/mol. The first-order valence-corrected chi connectivity index (χ1v) is 4.37. The van der Waals surface area contributed by atoms with Crippen molar-refractivity contribution in [1.82, 2.24) is 0 Å². The lowest BCUT2D eigenvalue weighted by Crippen LogP contribution is -2.12. The third-order valence-electron chi connectivity index (χ3n) is 2.04. The molecule has 0 radical (unpaired) electrons. The maximum Gasteiger partial charge on any atom is 0.127 e. The van der Waals surface area contributed by atoms with Gasteiger partial charge in [-0.3, -0.25) is 4.39 Å². The minimum atomic E-state index is -0.467. The quantitative estimate of drug-likeness (QED) is 0.841. The lowest BCUT2D eigenvalue weighted by Gasteiger charge is -2.14. The average Bonchev–Trinajstić information content (AvgIpc) is 2.17. The van der Waals surface area contributed by atoms with Gasteiger partial charge < -0.3 is 15.6 Å². The number of hydrogen-bond acceptors (Lipinski definition) is 3. The molecule has 0 saturated carbocycles. The standard InChI is InChI=1S/C10H14FNO2.ClH/c1-14-10-6-7(13)2-3-8(10)9(12)4-5-11;/h2-3,6,9,13H,4-5,12H2,1H3;1H/t9-;/m1./s1. The van der Waals surface area contributed by atoms with E-state index in [1.807, 2.05) is 0 Å². The molecule has 0 aliphatic heterocycles. The molecule has 5 heteroatoms. The maximum absolute atomic E-state index is 12.1.